The van der Waals surface area contributed by atoms with Crippen LogP contribution in [0.25, 0.3) is 0 Å². The van der Waals surface area contributed by atoms with Crippen LogP contribution in [0.4, 0.5) is 8.78 Å². The van der Waals surface area contributed by atoms with Crippen LogP contribution in [0.15, 0.2) is 23.1 Å². The van der Waals surface area contributed by atoms with Crippen molar-refractivity contribution >= 4 is 21.6 Å². The predicted molar refractivity (Wildman–Crippen MR) is 83.5 cm³/mol. The molecule has 0 amide bonds. The average Bonchev–Trinajstić information content (AvgIpc) is 2.49. The minimum Gasteiger partial charge on any atom is -0.433 e. The van der Waals surface area contributed by atoms with E-state index in [9.17, 15) is 17.2 Å². The van der Waals surface area contributed by atoms with Gasteiger partial charge in [-0.3, -0.25) is 0 Å². The van der Waals surface area contributed by atoms with Crippen molar-refractivity contribution < 1.29 is 21.9 Å². The highest BCUT2D eigenvalue weighted by molar-refractivity contribution is 7.89. The molecular formula is C14H19ClF2N2O3S. The molecule has 1 aliphatic rings. The highest BCUT2D eigenvalue weighted by Gasteiger charge is 2.18. The van der Waals surface area contributed by atoms with E-state index in [1.807, 2.05) is 0 Å². The maximum absolute atomic E-state index is 12.2. The van der Waals surface area contributed by atoms with Gasteiger partial charge >= 0.3 is 6.61 Å². The Morgan fingerprint density at radius 2 is 2.22 bits per heavy atom. The number of ether oxygens (including phenoxy) is 1. The van der Waals surface area contributed by atoms with Gasteiger partial charge in [0, 0.05) is 6.54 Å². The summed E-state index contributed by atoms with van der Waals surface area (Å²) in [5.74, 6) is 0.200. The largest absolute Gasteiger partial charge is 0.433 e. The molecule has 1 aromatic carbocycles. The first-order valence-electron chi connectivity index (χ1n) is 7.33. The first kappa shape index (κ1) is 18.4. The minimum atomic E-state index is -3.73. The van der Waals surface area contributed by atoms with Gasteiger partial charge in [-0.1, -0.05) is 11.6 Å². The van der Waals surface area contributed by atoms with E-state index in [4.69, 9.17) is 11.6 Å². The molecule has 2 N–H and O–H groups in total. The standard InChI is InChI=1S/C14H19ClF2N2O3S/c15-12-8-11(3-4-13(12)22-14(16)17)23(20,21)19-7-5-10-2-1-6-18-9-10/h3-4,8,10,14,18-19H,1-2,5-7,9H2. The summed E-state index contributed by atoms with van der Waals surface area (Å²) in [4.78, 5) is -0.0779. The van der Waals surface area contributed by atoms with Gasteiger partial charge in [0.2, 0.25) is 10.0 Å². The highest BCUT2D eigenvalue weighted by atomic mass is 35.5. The fraction of sp³-hybridized carbons (Fsp3) is 0.571. The van der Waals surface area contributed by atoms with E-state index in [2.05, 4.69) is 14.8 Å². The van der Waals surface area contributed by atoms with Crippen LogP contribution in [0, 0.1) is 5.92 Å². The number of alkyl halides is 2. The molecule has 130 valence electrons. The smallest absolute Gasteiger partial charge is 0.387 e. The number of piperidine rings is 1. The third kappa shape index (κ3) is 5.56. The maximum Gasteiger partial charge on any atom is 0.387 e. The summed E-state index contributed by atoms with van der Waals surface area (Å²) in [6.07, 6.45) is 2.92. The van der Waals surface area contributed by atoms with Crippen molar-refractivity contribution in [2.75, 3.05) is 19.6 Å². The fourth-order valence-corrected chi connectivity index (χ4v) is 3.85. The Balaban J connectivity index is 1.94. The summed E-state index contributed by atoms with van der Waals surface area (Å²) >= 11 is 5.78. The van der Waals surface area contributed by atoms with Gasteiger partial charge in [-0.15, -0.1) is 0 Å². The van der Waals surface area contributed by atoms with Gasteiger partial charge in [-0.05, 0) is 56.5 Å². The summed E-state index contributed by atoms with van der Waals surface area (Å²) in [5.41, 5.74) is 0. The number of benzene rings is 1. The zero-order valence-electron chi connectivity index (χ0n) is 12.4. The van der Waals surface area contributed by atoms with E-state index >= 15 is 0 Å². The third-order valence-corrected chi connectivity index (χ3v) is 5.43. The number of sulfonamides is 1. The molecule has 1 unspecified atom stereocenters. The van der Waals surface area contributed by atoms with Crippen LogP contribution in [0.1, 0.15) is 19.3 Å². The van der Waals surface area contributed by atoms with Gasteiger partial charge in [-0.25, -0.2) is 13.1 Å². The fourth-order valence-electron chi connectivity index (χ4n) is 2.49. The molecule has 2 rings (SSSR count). The van der Waals surface area contributed by atoms with Crippen molar-refractivity contribution in [1.82, 2.24) is 10.0 Å². The van der Waals surface area contributed by atoms with Gasteiger partial charge in [0.05, 0.1) is 9.92 Å². The van der Waals surface area contributed by atoms with E-state index in [-0.39, 0.29) is 15.7 Å². The van der Waals surface area contributed by atoms with E-state index in [0.29, 0.717) is 12.5 Å². The SMILES string of the molecule is O=S(=O)(NCCC1CCCNC1)c1ccc(OC(F)F)c(Cl)c1. The van der Waals surface area contributed by atoms with Crippen molar-refractivity contribution in [2.24, 2.45) is 5.92 Å². The molecule has 0 radical (unpaired) electrons. The lowest BCUT2D eigenvalue weighted by Gasteiger charge is -2.22. The molecule has 1 aromatic rings. The van der Waals surface area contributed by atoms with E-state index in [0.717, 1.165) is 44.5 Å². The molecule has 0 bridgehead atoms. The first-order chi connectivity index (χ1) is 10.9. The van der Waals surface area contributed by atoms with Crippen LogP contribution in [-0.4, -0.2) is 34.7 Å². The van der Waals surface area contributed by atoms with Crippen molar-refractivity contribution in [3.8, 4) is 5.75 Å². The zero-order valence-corrected chi connectivity index (χ0v) is 14.0. The maximum atomic E-state index is 12.2. The topological polar surface area (TPSA) is 67.4 Å². The van der Waals surface area contributed by atoms with Crippen molar-refractivity contribution in [3.05, 3.63) is 23.2 Å². The van der Waals surface area contributed by atoms with E-state index in [1.165, 1.54) is 6.07 Å². The summed E-state index contributed by atoms with van der Waals surface area (Å²) in [6.45, 7) is -0.792. The number of hydrogen-bond acceptors (Lipinski definition) is 4. The Bertz CT molecular complexity index is 622. The molecular weight excluding hydrogens is 350 g/mol. The first-order valence-corrected chi connectivity index (χ1v) is 9.19. The van der Waals surface area contributed by atoms with Crippen LogP contribution in [0.5, 0.6) is 5.75 Å². The second-order valence-corrected chi connectivity index (χ2v) is 7.54. The molecule has 1 fully saturated rings. The Morgan fingerprint density at radius 3 is 2.83 bits per heavy atom. The van der Waals surface area contributed by atoms with Crippen LogP contribution in [0.3, 0.4) is 0 Å². The average molecular weight is 369 g/mol. The Kier molecular flexibility index (Phi) is 6.58. The molecule has 1 saturated heterocycles. The molecule has 1 heterocycles. The number of nitrogens with one attached hydrogen (secondary N) is 2. The number of hydrogen-bond donors (Lipinski definition) is 2. The molecule has 0 aliphatic carbocycles. The lowest BCUT2D eigenvalue weighted by atomic mass is 9.96. The predicted octanol–water partition coefficient (Wildman–Crippen LogP) is 2.61. The Morgan fingerprint density at radius 1 is 1.43 bits per heavy atom. The molecule has 9 heteroatoms. The summed E-state index contributed by atoms with van der Waals surface area (Å²) < 4.78 is 55.4. The number of halogens is 3. The van der Waals surface area contributed by atoms with Gasteiger partial charge in [-0.2, -0.15) is 8.78 Å². The van der Waals surface area contributed by atoms with Gasteiger partial charge < -0.3 is 10.1 Å². The van der Waals surface area contributed by atoms with Crippen LogP contribution in [0.2, 0.25) is 5.02 Å². The van der Waals surface area contributed by atoms with Gasteiger partial charge in [0.1, 0.15) is 5.75 Å². The van der Waals surface area contributed by atoms with Crippen LogP contribution >= 0.6 is 11.6 Å². The van der Waals surface area contributed by atoms with Crippen molar-refractivity contribution in [2.45, 2.75) is 30.8 Å². The third-order valence-electron chi connectivity index (χ3n) is 3.67. The summed E-state index contributed by atoms with van der Waals surface area (Å²) in [6, 6.07) is 3.41. The van der Waals surface area contributed by atoms with Gasteiger partial charge in [0.15, 0.2) is 0 Å². The second-order valence-electron chi connectivity index (χ2n) is 5.37. The molecule has 0 spiro atoms. The molecule has 23 heavy (non-hydrogen) atoms. The molecule has 0 saturated carbocycles. The highest BCUT2D eigenvalue weighted by Crippen LogP contribution is 2.28. The molecule has 1 atom stereocenters. The van der Waals surface area contributed by atoms with Crippen LogP contribution < -0.4 is 14.8 Å². The van der Waals surface area contributed by atoms with E-state index in [1.54, 1.807) is 0 Å². The minimum absolute atomic E-state index is 0.0779. The van der Waals surface area contributed by atoms with Crippen molar-refractivity contribution in [1.29, 1.82) is 0 Å². The number of rotatable bonds is 7. The Labute approximate surface area is 139 Å². The summed E-state index contributed by atoms with van der Waals surface area (Å²) in [5, 5.41) is 3.10. The second kappa shape index (κ2) is 8.23. The van der Waals surface area contributed by atoms with Crippen molar-refractivity contribution in [3.63, 3.8) is 0 Å². The molecule has 5 nitrogen and oxygen atoms in total. The van der Waals surface area contributed by atoms with E-state index < -0.39 is 16.6 Å². The lowest BCUT2D eigenvalue weighted by Crippen LogP contribution is -2.33. The van der Waals surface area contributed by atoms with Crippen LogP contribution in [-0.2, 0) is 10.0 Å². The normalized spacial score (nSPS) is 19.0. The zero-order chi connectivity index (χ0) is 16.9. The molecule has 1 aliphatic heterocycles. The summed E-state index contributed by atoms with van der Waals surface area (Å²) in [7, 11) is -3.73. The van der Waals surface area contributed by atoms with Gasteiger partial charge in [0.25, 0.3) is 0 Å². The Hall–Kier alpha value is -0.960. The quantitative estimate of drug-likeness (QED) is 0.776. The molecule has 0 aromatic heterocycles. The lowest BCUT2D eigenvalue weighted by molar-refractivity contribution is -0.0498. The monoisotopic (exact) mass is 368 g/mol.